The molecule has 0 aliphatic rings. The van der Waals surface area contributed by atoms with Crippen LogP contribution in [0.5, 0.6) is 0 Å². The van der Waals surface area contributed by atoms with Crippen molar-refractivity contribution in [3.05, 3.63) is 35.5 Å². The molecule has 0 spiro atoms. The molecule has 0 amide bonds. The van der Waals surface area contributed by atoms with E-state index in [1.807, 2.05) is 0 Å². The zero-order valence-corrected chi connectivity index (χ0v) is 11.2. The Bertz CT molecular complexity index is 539. The quantitative estimate of drug-likeness (QED) is 0.814. The van der Waals surface area contributed by atoms with Gasteiger partial charge in [0.15, 0.2) is 0 Å². The lowest BCUT2D eigenvalue weighted by Crippen LogP contribution is -2.14. The van der Waals surface area contributed by atoms with Crippen molar-refractivity contribution in [3.63, 3.8) is 0 Å². The molecule has 2 rings (SSSR count). The number of aryl methyl sites for hydroxylation is 2. The molecule has 1 N–H and O–H groups in total. The summed E-state index contributed by atoms with van der Waals surface area (Å²) in [5.41, 5.74) is 0.940. The number of nitrogens with zero attached hydrogens (tertiary/aromatic N) is 2. The Labute approximate surface area is 112 Å². The number of nitrogens with one attached hydrogen (secondary N) is 1. The van der Waals surface area contributed by atoms with Gasteiger partial charge in [0.2, 0.25) is 5.89 Å². The van der Waals surface area contributed by atoms with Crippen LogP contribution in [0.2, 0.25) is 0 Å². The summed E-state index contributed by atoms with van der Waals surface area (Å²) in [7, 11) is 0. The molecular formula is C14H18FN3O. The topological polar surface area (TPSA) is 51.0 Å². The third kappa shape index (κ3) is 3.38. The van der Waals surface area contributed by atoms with Gasteiger partial charge in [0.25, 0.3) is 5.89 Å². The van der Waals surface area contributed by atoms with Crippen molar-refractivity contribution in [2.45, 2.75) is 26.7 Å². The third-order valence-corrected chi connectivity index (χ3v) is 2.88. The zero-order valence-electron chi connectivity index (χ0n) is 11.2. The summed E-state index contributed by atoms with van der Waals surface area (Å²) >= 11 is 0. The summed E-state index contributed by atoms with van der Waals surface area (Å²) in [5.74, 6) is 0.499. The first-order valence-electron chi connectivity index (χ1n) is 6.51. The fourth-order valence-corrected chi connectivity index (χ4v) is 1.82. The second-order valence-corrected chi connectivity index (χ2v) is 4.39. The highest BCUT2D eigenvalue weighted by atomic mass is 19.1. The maximum atomic E-state index is 13.9. The van der Waals surface area contributed by atoms with Gasteiger partial charge in [-0.1, -0.05) is 19.1 Å². The van der Waals surface area contributed by atoms with Gasteiger partial charge >= 0.3 is 0 Å². The number of benzene rings is 1. The Kier molecular flexibility index (Phi) is 4.63. The van der Waals surface area contributed by atoms with Crippen LogP contribution in [0.25, 0.3) is 11.5 Å². The maximum Gasteiger partial charge on any atom is 0.250 e. The lowest BCUT2D eigenvalue weighted by Gasteiger charge is -2.00. The van der Waals surface area contributed by atoms with Crippen molar-refractivity contribution >= 4 is 0 Å². The molecule has 0 radical (unpaired) electrons. The van der Waals surface area contributed by atoms with E-state index in [1.54, 1.807) is 25.1 Å². The molecule has 19 heavy (non-hydrogen) atoms. The van der Waals surface area contributed by atoms with Crippen LogP contribution < -0.4 is 5.32 Å². The van der Waals surface area contributed by atoms with Crippen LogP contribution in [0, 0.1) is 12.7 Å². The minimum Gasteiger partial charge on any atom is -0.421 e. The lowest BCUT2D eigenvalue weighted by molar-refractivity contribution is 0.489. The molecule has 1 aromatic carbocycles. The zero-order chi connectivity index (χ0) is 13.7. The predicted molar refractivity (Wildman–Crippen MR) is 71.3 cm³/mol. The van der Waals surface area contributed by atoms with Gasteiger partial charge < -0.3 is 9.73 Å². The summed E-state index contributed by atoms with van der Waals surface area (Å²) in [6.07, 6.45) is 1.62. The summed E-state index contributed by atoms with van der Waals surface area (Å²) in [4.78, 5) is 0. The maximum absolute atomic E-state index is 13.9. The highest BCUT2D eigenvalue weighted by molar-refractivity contribution is 5.54. The van der Waals surface area contributed by atoms with Crippen molar-refractivity contribution < 1.29 is 8.81 Å². The average Bonchev–Trinajstić information content (AvgIpc) is 2.87. The normalized spacial score (nSPS) is 10.9. The third-order valence-electron chi connectivity index (χ3n) is 2.88. The lowest BCUT2D eigenvalue weighted by atomic mass is 10.1. The molecule has 0 saturated heterocycles. The fraction of sp³-hybridized carbons (Fsp3) is 0.429. The Morgan fingerprint density at radius 3 is 2.95 bits per heavy atom. The molecule has 102 valence electrons. The molecule has 0 bridgehead atoms. The van der Waals surface area contributed by atoms with Crippen molar-refractivity contribution in [3.8, 4) is 11.5 Å². The standard InChI is InChI=1S/C14H18FN3O/c1-3-16-9-5-8-12-17-18-14(19-12)11-7-4-6-10(2)13(11)15/h4,6-7,16H,3,5,8-9H2,1-2H3. The second kappa shape index (κ2) is 6.43. The van der Waals surface area contributed by atoms with Gasteiger partial charge in [-0.3, -0.25) is 0 Å². The smallest absolute Gasteiger partial charge is 0.250 e. The number of aromatic nitrogens is 2. The fourth-order valence-electron chi connectivity index (χ4n) is 1.82. The van der Waals surface area contributed by atoms with E-state index in [-0.39, 0.29) is 11.7 Å². The van der Waals surface area contributed by atoms with Gasteiger partial charge in [0.05, 0.1) is 5.56 Å². The van der Waals surface area contributed by atoms with E-state index < -0.39 is 0 Å². The molecule has 1 heterocycles. The van der Waals surface area contributed by atoms with E-state index in [9.17, 15) is 4.39 Å². The van der Waals surface area contributed by atoms with E-state index in [4.69, 9.17) is 4.42 Å². The van der Waals surface area contributed by atoms with E-state index in [0.717, 1.165) is 19.5 Å². The summed E-state index contributed by atoms with van der Waals surface area (Å²) < 4.78 is 19.4. The van der Waals surface area contributed by atoms with Crippen LogP contribution in [0.3, 0.4) is 0 Å². The van der Waals surface area contributed by atoms with Gasteiger partial charge in [-0.25, -0.2) is 4.39 Å². The van der Waals surface area contributed by atoms with Crippen molar-refractivity contribution in [2.24, 2.45) is 0 Å². The minimum absolute atomic E-state index is 0.250. The Hall–Kier alpha value is -1.75. The molecule has 5 heteroatoms. The monoisotopic (exact) mass is 263 g/mol. The summed E-state index contributed by atoms with van der Waals surface area (Å²) in [6.45, 7) is 5.63. The van der Waals surface area contributed by atoms with Gasteiger partial charge in [0.1, 0.15) is 5.82 Å². The second-order valence-electron chi connectivity index (χ2n) is 4.39. The van der Waals surface area contributed by atoms with E-state index in [0.29, 0.717) is 23.4 Å². The molecule has 0 fully saturated rings. The molecule has 0 aliphatic carbocycles. The number of rotatable bonds is 6. The Morgan fingerprint density at radius 1 is 1.32 bits per heavy atom. The molecule has 0 aliphatic heterocycles. The first-order valence-corrected chi connectivity index (χ1v) is 6.51. The van der Waals surface area contributed by atoms with Crippen LogP contribution in [-0.2, 0) is 6.42 Å². The van der Waals surface area contributed by atoms with Gasteiger partial charge in [-0.05, 0) is 38.1 Å². The highest BCUT2D eigenvalue weighted by Gasteiger charge is 2.13. The van der Waals surface area contributed by atoms with Crippen LogP contribution in [0.15, 0.2) is 22.6 Å². The first-order chi connectivity index (χ1) is 9.22. The molecule has 0 unspecified atom stereocenters. The van der Waals surface area contributed by atoms with E-state index in [1.165, 1.54) is 0 Å². The van der Waals surface area contributed by atoms with Gasteiger partial charge in [-0.15, -0.1) is 10.2 Å². The SMILES string of the molecule is CCNCCCc1nnc(-c2cccc(C)c2F)o1. The van der Waals surface area contributed by atoms with E-state index >= 15 is 0 Å². The molecule has 2 aromatic rings. The van der Waals surface area contributed by atoms with Crippen LogP contribution in [0.1, 0.15) is 24.8 Å². The van der Waals surface area contributed by atoms with Crippen molar-refractivity contribution in [2.75, 3.05) is 13.1 Å². The Morgan fingerprint density at radius 2 is 2.16 bits per heavy atom. The Balaban J connectivity index is 2.06. The van der Waals surface area contributed by atoms with Gasteiger partial charge in [-0.2, -0.15) is 0 Å². The molecule has 0 saturated carbocycles. The van der Waals surface area contributed by atoms with E-state index in [2.05, 4.69) is 22.4 Å². The van der Waals surface area contributed by atoms with Crippen LogP contribution >= 0.6 is 0 Å². The van der Waals surface area contributed by atoms with Crippen LogP contribution in [-0.4, -0.2) is 23.3 Å². The average molecular weight is 263 g/mol. The van der Waals surface area contributed by atoms with Crippen LogP contribution in [0.4, 0.5) is 4.39 Å². The molecule has 1 aromatic heterocycles. The summed E-state index contributed by atoms with van der Waals surface area (Å²) in [6, 6.07) is 5.15. The number of halogens is 1. The first kappa shape index (κ1) is 13.7. The number of hydrogen-bond acceptors (Lipinski definition) is 4. The minimum atomic E-state index is -0.301. The summed E-state index contributed by atoms with van der Waals surface area (Å²) in [5, 5.41) is 11.1. The molecule has 0 atom stereocenters. The molecule has 4 nitrogen and oxygen atoms in total. The number of hydrogen-bond donors (Lipinski definition) is 1. The largest absolute Gasteiger partial charge is 0.421 e. The van der Waals surface area contributed by atoms with Crippen molar-refractivity contribution in [1.29, 1.82) is 0 Å². The highest BCUT2D eigenvalue weighted by Crippen LogP contribution is 2.23. The van der Waals surface area contributed by atoms with Crippen molar-refractivity contribution in [1.82, 2.24) is 15.5 Å². The molecular weight excluding hydrogens is 245 g/mol. The predicted octanol–water partition coefficient (Wildman–Crippen LogP) is 2.73. The van der Waals surface area contributed by atoms with Gasteiger partial charge in [0, 0.05) is 6.42 Å².